The molecule has 3 heterocycles. The van der Waals surface area contributed by atoms with Crippen LogP contribution in [0.1, 0.15) is 56.0 Å². The summed E-state index contributed by atoms with van der Waals surface area (Å²) >= 11 is 0. The van der Waals surface area contributed by atoms with Gasteiger partial charge in [-0.3, -0.25) is 14.4 Å². The number of piperidine rings is 1. The second-order valence-corrected chi connectivity index (χ2v) is 6.98. The molecular formula is C18H26N4O2. The first-order valence-electron chi connectivity index (χ1n) is 8.68. The maximum atomic E-state index is 12.3. The number of nitrogens with zero attached hydrogens (tertiary/aromatic N) is 3. The first-order chi connectivity index (χ1) is 11.5. The second-order valence-electron chi connectivity index (χ2n) is 6.98. The summed E-state index contributed by atoms with van der Waals surface area (Å²) in [5.74, 6) is 1.75. The summed E-state index contributed by atoms with van der Waals surface area (Å²) in [6.45, 7) is 9.34. The van der Waals surface area contributed by atoms with E-state index in [2.05, 4.69) is 22.2 Å². The monoisotopic (exact) mass is 330 g/mol. The molecule has 6 nitrogen and oxygen atoms in total. The number of carbonyl (C=O) groups is 1. The van der Waals surface area contributed by atoms with Crippen LogP contribution in [0.5, 0.6) is 0 Å². The van der Waals surface area contributed by atoms with Crippen LogP contribution in [0.4, 0.5) is 5.69 Å². The Morgan fingerprint density at radius 2 is 2.12 bits per heavy atom. The Kier molecular flexibility index (Phi) is 5.04. The second kappa shape index (κ2) is 7.21. The van der Waals surface area contributed by atoms with Gasteiger partial charge in [-0.1, -0.05) is 6.92 Å². The van der Waals surface area contributed by atoms with Gasteiger partial charge in [0, 0.05) is 12.2 Å². The van der Waals surface area contributed by atoms with Crippen molar-refractivity contribution in [3.8, 4) is 0 Å². The number of hydrogen-bond donors (Lipinski definition) is 1. The van der Waals surface area contributed by atoms with Crippen LogP contribution in [-0.2, 0) is 6.54 Å². The predicted molar refractivity (Wildman–Crippen MR) is 92.9 cm³/mol. The summed E-state index contributed by atoms with van der Waals surface area (Å²) in [5.41, 5.74) is 0.677. The fourth-order valence-electron chi connectivity index (χ4n) is 2.90. The molecule has 0 spiro atoms. The molecule has 1 aliphatic rings. The third-order valence-electron chi connectivity index (χ3n) is 4.53. The Morgan fingerprint density at radius 3 is 2.79 bits per heavy atom. The van der Waals surface area contributed by atoms with E-state index < -0.39 is 0 Å². The highest BCUT2D eigenvalue weighted by Crippen LogP contribution is 2.19. The Labute approximate surface area is 142 Å². The molecule has 1 amide bonds. The number of likely N-dealkylation sites (tertiary alicyclic amines) is 1. The molecule has 6 heteroatoms. The smallest absolute Gasteiger partial charge is 0.291 e. The molecule has 2 aromatic rings. The molecule has 0 aromatic carbocycles. The van der Waals surface area contributed by atoms with Crippen molar-refractivity contribution in [3.05, 3.63) is 36.0 Å². The number of carbonyl (C=O) groups excluding carboxylic acids is 1. The maximum Gasteiger partial charge on any atom is 0.291 e. The summed E-state index contributed by atoms with van der Waals surface area (Å²) in [7, 11) is 0. The highest BCUT2D eigenvalue weighted by Gasteiger charge is 2.18. The number of rotatable bonds is 5. The van der Waals surface area contributed by atoms with Gasteiger partial charge in [0.25, 0.3) is 5.91 Å². The van der Waals surface area contributed by atoms with E-state index in [9.17, 15) is 4.79 Å². The van der Waals surface area contributed by atoms with Crippen LogP contribution in [0.25, 0.3) is 0 Å². The van der Waals surface area contributed by atoms with Gasteiger partial charge in [0.05, 0.1) is 18.4 Å². The van der Waals surface area contributed by atoms with Crippen LogP contribution in [0, 0.1) is 5.92 Å². The first-order valence-corrected chi connectivity index (χ1v) is 8.68. The molecule has 24 heavy (non-hydrogen) atoms. The average molecular weight is 330 g/mol. The van der Waals surface area contributed by atoms with Crippen LogP contribution in [0.3, 0.4) is 0 Å². The average Bonchev–Trinajstić information content (AvgIpc) is 3.19. The Morgan fingerprint density at radius 1 is 1.38 bits per heavy atom. The summed E-state index contributed by atoms with van der Waals surface area (Å²) in [6.07, 6.45) is 5.93. The van der Waals surface area contributed by atoms with Crippen molar-refractivity contribution >= 4 is 11.6 Å². The van der Waals surface area contributed by atoms with Gasteiger partial charge in [-0.2, -0.15) is 5.10 Å². The summed E-state index contributed by atoms with van der Waals surface area (Å²) in [6, 6.07) is 3.90. The van der Waals surface area contributed by atoms with Gasteiger partial charge in [-0.05, 0) is 57.8 Å². The van der Waals surface area contributed by atoms with Crippen LogP contribution >= 0.6 is 0 Å². The number of amides is 1. The van der Waals surface area contributed by atoms with Gasteiger partial charge >= 0.3 is 0 Å². The van der Waals surface area contributed by atoms with Crippen molar-refractivity contribution in [2.75, 3.05) is 18.4 Å². The van der Waals surface area contributed by atoms with Crippen LogP contribution in [0.15, 0.2) is 28.9 Å². The van der Waals surface area contributed by atoms with Gasteiger partial charge in [0.2, 0.25) is 0 Å². The van der Waals surface area contributed by atoms with Crippen molar-refractivity contribution in [1.29, 1.82) is 0 Å². The lowest BCUT2D eigenvalue weighted by molar-refractivity contribution is 0.0991. The lowest BCUT2D eigenvalue weighted by Gasteiger charge is -2.29. The zero-order valence-electron chi connectivity index (χ0n) is 14.7. The lowest BCUT2D eigenvalue weighted by atomic mass is 9.99. The van der Waals surface area contributed by atoms with Gasteiger partial charge in [0.15, 0.2) is 5.76 Å². The van der Waals surface area contributed by atoms with Crippen LogP contribution < -0.4 is 5.32 Å². The lowest BCUT2D eigenvalue weighted by Crippen LogP contribution is -2.32. The minimum absolute atomic E-state index is 0.239. The van der Waals surface area contributed by atoms with Gasteiger partial charge in [-0.25, -0.2) is 0 Å². The zero-order chi connectivity index (χ0) is 17.1. The molecule has 1 fully saturated rings. The summed E-state index contributed by atoms with van der Waals surface area (Å²) in [4.78, 5) is 14.7. The molecule has 0 aliphatic carbocycles. The van der Waals surface area contributed by atoms with Crippen molar-refractivity contribution in [1.82, 2.24) is 14.7 Å². The molecule has 1 N–H and O–H groups in total. The highest BCUT2D eigenvalue weighted by molar-refractivity contribution is 6.02. The minimum Gasteiger partial charge on any atom is -0.455 e. The molecule has 0 bridgehead atoms. The number of hydrogen-bond acceptors (Lipinski definition) is 4. The van der Waals surface area contributed by atoms with E-state index in [0.29, 0.717) is 11.4 Å². The molecule has 0 radical (unpaired) electrons. The van der Waals surface area contributed by atoms with Gasteiger partial charge in [-0.15, -0.1) is 0 Å². The molecule has 0 saturated carbocycles. The standard InChI is InChI=1S/C18H26N4O2/c1-13(2)22-11-15(10-19-22)20-18(23)17-5-4-16(24-17)12-21-8-6-14(3)7-9-21/h4-5,10-11,13-14H,6-9,12H2,1-3H3,(H,20,23). The minimum atomic E-state index is -0.239. The third kappa shape index (κ3) is 4.06. The number of anilines is 1. The summed E-state index contributed by atoms with van der Waals surface area (Å²) < 4.78 is 7.53. The Bertz CT molecular complexity index is 681. The van der Waals surface area contributed by atoms with E-state index in [-0.39, 0.29) is 11.9 Å². The van der Waals surface area contributed by atoms with Gasteiger partial charge in [0.1, 0.15) is 5.76 Å². The van der Waals surface area contributed by atoms with Crippen molar-refractivity contribution in [2.24, 2.45) is 5.92 Å². The number of nitrogens with one attached hydrogen (secondary N) is 1. The third-order valence-corrected chi connectivity index (χ3v) is 4.53. The fourth-order valence-corrected chi connectivity index (χ4v) is 2.90. The van der Waals surface area contributed by atoms with Gasteiger partial charge < -0.3 is 9.73 Å². The maximum absolute atomic E-state index is 12.3. The molecule has 0 unspecified atom stereocenters. The Balaban J connectivity index is 1.57. The van der Waals surface area contributed by atoms with E-state index in [0.717, 1.165) is 31.3 Å². The SMILES string of the molecule is CC1CCN(Cc2ccc(C(=O)Nc3cnn(C(C)C)c3)o2)CC1. The van der Waals surface area contributed by atoms with Crippen LogP contribution in [-0.4, -0.2) is 33.7 Å². The van der Waals surface area contributed by atoms with E-state index in [1.54, 1.807) is 16.9 Å². The van der Waals surface area contributed by atoms with E-state index in [1.807, 2.05) is 26.1 Å². The van der Waals surface area contributed by atoms with E-state index >= 15 is 0 Å². The first kappa shape index (κ1) is 16.8. The van der Waals surface area contributed by atoms with Crippen molar-refractivity contribution < 1.29 is 9.21 Å². The molecule has 3 rings (SSSR count). The molecule has 1 aliphatic heterocycles. The molecular weight excluding hydrogens is 304 g/mol. The zero-order valence-corrected chi connectivity index (χ0v) is 14.7. The summed E-state index contributed by atoms with van der Waals surface area (Å²) in [5, 5.41) is 7.04. The number of furan rings is 1. The van der Waals surface area contributed by atoms with E-state index in [4.69, 9.17) is 4.42 Å². The normalized spacial score (nSPS) is 16.7. The molecule has 2 aromatic heterocycles. The Hall–Kier alpha value is -2.08. The topological polar surface area (TPSA) is 63.3 Å². The predicted octanol–water partition coefficient (Wildman–Crippen LogP) is 3.54. The van der Waals surface area contributed by atoms with E-state index in [1.165, 1.54) is 12.8 Å². The molecule has 130 valence electrons. The van der Waals surface area contributed by atoms with Crippen LogP contribution in [0.2, 0.25) is 0 Å². The number of aromatic nitrogens is 2. The largest absolute Gasteiger partial charge is 0.455 e. The molecule has 1 saturated heterocycles. The quantitative estimate of drug-likeness (QED) is 0.911. The molecule has 0 atom stereocenters. The van der Waals surface area contributed by atoms with Crippen molar-refractivity contribution in [2.45, 2.75) is 46.2 Å². The van der Waals surface area contributed by atoms with Crippen molar-refractivity contribution in [3.63, 3.8) is 0 Å². The fraction of sp³-hybridized carbons (Fsp3) is 0.556. The highest BCUT2D eigenvalue weighted by atomic mass is 16.4.